The summed E-state index contributed by atoms with van der Waals surface area (Å²) in [5, 5.41) is 8.65. The van der Waals surface area contributed by atoms with Crippen LogP contribution in [0.15, 0.2) is 52.7 Å². The Morgan fingerprint density at radius 3 is 2.50 bits per heavy atom. The maximum atomic E-state index is 5.18. The van der Waals surface area contributed by atoms with Crippen LogP contribution in [0.25, 0.3) is 0 Å². The molecule has 4 nitrogen and oxygen atoms in total. The highest BCUT2D eigenvalue weighted by Gasteiger charge is 2.04. The molecule has 0 aliphatic heterocycles. The van der Waals surface area contributed by atoms with Gasteiger partial charge >= 0.3 is 0 Å². The maximum absolute atomic E-state index is 5.18. The molecule has 0 atom stereocenters. The number of anilines is 1. The number of aryl methyl sites for hydroxylation is 1. The number of rotatable bonds is 4. The Morgan fingerprint density at radius 2 is 1.80 bits per heavy atom. The summed E-state index contributed by atoms with van der Waals surface area (Å²) in [5.74, 6) is 0.776. The van der Waals surface area contributed by atoms with Gasteiger partial charge in [0.15, 0.2) is 0 Å². The number of nitrogens with zero attached hydrogens (tertiary/aromatic N) is 3. The lowest BCUT2D eigenvalue weighted by Crippen LogP contribution is -2.08. The van der Waals surface area contributed by atoms with Crippen LogP contribution >= 0.6 is 0 Å². The summed E-state index contributed by atoms with van der Waals surface area (Å²) < 4.78 is 5.18. The molecule has 0 aliphatic rings. The summed E-state index contributed by atoms with van der Waals surface area (Å²) in [7, 11) is 5.63. The topological polar surface area (TPSA) is 37.2 Å². The first kappa shape index (κ1) is 14.1. The third-order valence-electron chi connectivity index (χ3n) is 2.94. The molecular weight excluding hydrogens is 250 g/mol. The molecule has 0 bridgehead atoms. The van der Waals surface area contributed by atoms with Crippen LogP contribution in [-0.4, -0.2) is 21.2 Å². The van der Waals surface area contributed by atoms with Crippen molar-refractivity contribution in [3.8, 4) is 5.75 Å². The predicted octanol–water partition coefficient (Wildman–Crippen LogP) is 4.49. The van der Waals surface area contributed by atoms with Crippen molar-refractivity contribution in [2.75, 3.05) is 26.1 Å². The molecule has 0 aromatic heterocycles. The standard InChI is InChI=1S/C16H19N3O/c1-12-8-9-16(19(2)3)15(10-12)18-17-13-6-5-7-14(11-13)20-4/h5-11H,1-4H3. The number of azo groups is 1. The van der Waals surface area contributed by atoms with E-state index in [1.54, 1.807) is 7.11 Å². The van der Waals surface area contributed by atoms with Gasteiger partial charge in [-0.1, -0.05) is 12.1 Å². The minimum absolute atomic E-state index is 0.774. The van der Waals surface area contributed by atoms with Gasteiger partial charge in [-0.15, -0.1) is 5.11 Å². The second kappa shape index (κ2) is 6.19. The Hall–Kier alpha value is -2.36. The first-order chi connectivity index (χ1) is 9.60. The molecule has 0 spiro atoms. The average Bonchev–Trinajstić information content (AvgIpc) is 2.45. The Kier molecular flexibility index (Phi) is 4.35. The molecule has 0 unspecified atom stereocenters. The molecule has 2 aromatic carbocycles. The molecule has 2 rings (SSSR count). The van der Waals surface area contributed by atoms with Crippen molar-refractivity contribution in [1.82, 2.24) is 0 Å². The Balaban J connectivity index is 2.32. The molecule has 104 valence electrons. The molecule has 0 N–H and O–H groups in total. The van der Waals surface area contributed by atoms with Crippen molar-refractivity contribution in [2.24, 2.45) is 10.2 Å². The Morgan fingerprint density at radius 1 is 1.00 bits per heavy atom. The van der Waals surface area contributed by atoms with Crippen LogP contribution in [0.4, 0.5) is 17.1 Å². The van der Waals surface area contributed by atoms with Crippen molar-refractivity contribution in [1.29, 1.82) is 0 Å². The number of benzene rings is 2. The van der Waals surface area contributed by atoms with Crippen LogP contribution < -0.4 is 9.64 Å². The van der Waals surface area contributed by atoms with E-state index in [9.17, 15) is 0 Å². The number of hydrogen-bond acceptors (Lipinski definition) is 4. The predicted molar refractivity (Wildman–Crippen MR) is 82.7 cm³/mol. The van der Waals surface area contributed by atoms with Crippen LogP contribution in [0.3, 0.4) is 0 Å². The van der Waals surface area contributed by atoms with Crippen molar-refractivity contribution in [3.63, 3.8) is 0 Å². The fraction of sp³-hybridized carbons (Fsp3) is 0.250. The zero-order chi connectivity index (χ0) is 14.5. The van der Waals surface area contributed by atoms with Gasteiger partial charge in [0.25, 0.3) is 0 Å². The summed E-state index contributed by atoms with van der Waals surface area (Å²) in [5.41, 5.74) is 3.84. The van der Waals surface area contributed by atoms with Gasteiger partial charge in [-0.2, -0.15) is 5.11 Å². The number of methoxy groups -OCH3 is 1. The zero-order valence-electron chi connectivity index (χ0n) is 12.3. The molecule has 0 fully saturated rings. The fourth-order valence-electron chi connectivity index (χ4n) is 1.88. The van der Waals surface area contributed by atoms with Crippen LogP contribution in [0.1, 0.15) is 5.56 Å². The first-order valence-corrected chi connectivity index (χ1v) is 6.44. The molecule has 20 heavy (non-hydrogen) atoms. The minimum Gasteiger partial charge on any atom is -0.497 e. The highest BCUT2D eigenvalue weighted by molar-refractivity contribution is 5.67. The summed E-state index contributed by atoms with van der Waals surface area (Å²) in [6.07, 6.45) is 0. The SMILES string of the molecule is COc1cccc(N=Nc2cc(C)ccc2N(C)C)c1. The Bertz CT molecular complexity index is 621. The van der Waals surface area contributed by atoms with Gasteiger partial charge in [0, 0.05) is 20.2 Å². The van der Waals surface area contributed by atoms with E-state index in [0.29, 0.717) is 0 Å². The lowest BCUT2D eigenvalue weighted by molar-refractivity contribution is 0.415. The van der Waals surface area contributed by atoms with Crippen molar-refractivity contribution >= 4 is 17.1 Å². The summed E-state index contributed by atoms with van der Waals surface area (Å²) in [6.45, 7) is 2.05. The molecule has 0 radical (unpaired) electrons. The molecule has 2 aromatic rings. The highest BCUT2D eigenvalue weighted by Crippen LogP contribution is 2.30. The van der Waals surface area contributed by atoms with E-state index in [-0.39, 0.29) is 0 Å². The van der Waals surface area contributed by atoms with Crippen molar-refractivity contribution in [2.45, 2.75) is 6.92 Å². The van der Waals surface area contributed by atoms with Crippen LogP contribution in [0.2, 0.25) is 0 Å². The third-order valence-corrected chi connectivity index (χ3v) is 2.94. The second-order valence-corrected chi connectivity index (χ2v) is 4.79. The number of ether oxygens (including phenoxy) is 1. The summed E-state index contributed by atoms with van der Waals surface area (Å²) in [6, 6.07) is 13.7. The largest absolute Gasteiger partial charge is 0.497 e. The van der Waals surface area contributed by atoms with E-state index < -0.39 is 0 Å². The van der Waals surface area contributed by atoms with Gasteiger partial charge < -0.3 is 9.64 Å². The lowest BCUT2D eigenvalue weighted by Gasteiger charge is -2.14. The third kappa shape index (κ3) is 3.35. The molecule has 0 saturated heterocycles. The van der Waals surface area contributed by atoms with Gasteiger partial charge in [0.2, 0.25) is 0 Å². The quantitative estimate of drug-likeness (QED) is 0.767. The molecule has 0 amide bonds. The molecule has 0 saturated carbocycles. The molecule has 0 heterocycles. The smallest absolute Gasteiger partial charge is 0.121 e. The maximum Gasteiger partial charge on any atom is 0.121 e. The minimum atomic E-state index is 0.774. The summed E-state index contributed by atoms with van der Waals surface area (Å²) in [4.78, 5) is 2.03. The van der Waals surface area contributed by atoms with Crippen LogP contribution in [0.5, 0.6) is 5.75 Å². The van der Waals surface area contributed by atoms with Gasteiger partial charge in [0.05, 0.1) is 18.5 Å². The van der Waals surface area contributed by atoms with Crippen molar-refractivity contribution < 1.29 is 4.74 Å². The van der Waals surface area contributed by atoms with Gasteiger partial charge in [-0.3, -0.25) is 0 Å². The lowest BCUT2D eigenvalue weighted by atomic mass is 10.2. The van der Waals surface area contributed by atoms with Crippen LogP contribution in [0, 0.1) is 6.92 Å². The van der Waals surface area contributed by atoms with Crippen molar-refractivity contribution in [3.05, 3.63) is 48.0 Å². The molecule has 0 aliphatic carbocycles. The van der Waals surface area contributed by atoms with Gasteiger partial charge in [-0.05, 0) is 36.8 Å². The van der Waals surface area contributed by atoms with E-state index in [4.69, 9.17) is 4.74 Å². The van der Waals surface area contributed by atoms with E-state index in [1.165, 1.54) is 0 Å². The first-order valence-electron chi connectivity index (χ1n) is 6.44. The molecule has 4 heteroatoms. The summed E-state index contributed by atoms with van der Waals surface area (Å²) >= 11 is 0. The monoisotopic (exact) mass is 269 g/mol. The zero-order valence-corrected chi connectivity index (χ0v) is 12.3. The normalized spacial score (nSPS) is 10.8. The van der Waals surface area contributed by atoms with Gasteiger partial charge in [0.1, 0.15) is 11.4 Å². The van der Waals surface area contributed by atoms with Gasteiger partial charge in [-0.25, -0.2) is 0 Å². The van der Waals surface area contributed by atoms with E-state index in [0.717, 1.165) is 28.4 Å². The van der Waals surface area contributed by atoms with E-state index in [2.05, 4.69) is 22.4 Å². The van der Waals surface area contributed by atoms with E-state index >= 15 is 0 Å². The van der Waals surface area contributed by atoms with E-state index in [1.807, 2.05) is 56.3 Å². The average molecular weight is 269 g/mol. The molecular formula is C16H19N3O. The Labute approximate surface area is 119 Å². The highest BCUT2D eigenvalue weighted by atomic mass is 16.5. The second-order valence-electron chi connectivity index (χ2n) is 4.79. The fourth-order valence-corrected chi connectivity index (χ4v) is 1.88. The van der Waals surface area contributed by atoms with Crippen LogP contribution in [-0.2, 0) is 0 Å². The number of hydrogen-bond donors (Lipinski definition) is 0.